The van der Waals surface area contributed by atoms with Crippen LogP contribution in [0.25, 0.3) is 11.1 Å². The molecule has 1 saturated heterocycles. The van der Waals surface area contributed by atoms with Crippen molar-refractivity contribution in [3.05, 3.63) is 120 Å². The molecule has 3 N–H and O–H groups in total. The zero-order valence-corrected chi connectivity index (χ0v) is 19.5. The van der Waals surface area contributed by atoms with Gasteiger partial charge in [0.2, 0.25) is 5.91 Å². The van der Waals surface area contributed by atoms with Crippen molar-refractivity contribution in [3.63, 3.8) is 0 Å². The molecule has 1 fully saturated rings. The Balaban J connectivity index is 1.39. The molecule has 1 aliphatic rings. The summed E-state index contributed by atoms with van der Waals surface area (Å²) in [6.07, 6.45) is 0.0190. The number of carbonyl (C=O) groups is 1. The van der Waals surface area contributed by atoms with Crippen LogP contribution in [0.2, 0.25) is 0 Å². The molecule has 0 bridgehead atoms. The zero-order chi connectivity index (χ0) is 25.2. The SMILES string of the molecule is Nc1ccc(-c2ccc([C@@H]3[C@@H](CC[C@H](O)c4ccc(F)cc4)C(=O)N3c3ccc(F)cc3)cc2)cc1. The lowest BCUT2D eigenvalue weighted by Gasteiger charge is -2.48. The minimum atomic E-state index is -0.799. The number of aliphatic hydroxyl groups excluding tert-OH is 1. The van der Waals surface area contributed by atoms with Crippen LogP contribution in [0.3, 0.4) is 0 Å². The number of hydrogen-bond donors (Lipinski definition) is 2. The number of anilines is 2. The van der Waals surface area contributed by atoms with Crippen LogP contribution in [-0.2, 0) is 4.79 Å². The van der Waals surface area contributed by atoms with Gasteiger partial charge in [0.15, 0.2) is 0 Å². The van der Waals surface area contributed by atoms with Crippen molar-refractivity contribution in [1.82, 2.24) is 0 Å². The fourth-order valence-corrected chi connectivity index (χ4v) is 4.84. The van der Waals surface area contributed by atoms with Crippen LogP contribution in [0, 0.1) is 17.6 Å². The number of aliphatic hydroxyl groups is 1. The van der Waals surface area contributed by atoms with Crippen molar-refractivity contribution in [3.8, 4) is 11.1 Å². The van der Waals surface area contributed by atoms with Crippen LogP contribution >= 0.6 is 0 Å². The first-order valence-corrected chi connectivity index (χ1v) is 11.9. The van der Waals surface area contributed by atoms with E-state index in [1.165, 1.54) is 24.3 Å². The molecule has 6 heteroatoms. The quantitative estimate of drug-likeness (QED) is 0.235. The largest absolute Gasteiger partial charge is 0.399 e. The molecule has 36 heavy (non-hydrogen) atoms. The molecule has 0 saturated carbocycles. The molecule has 1 amide bonds. The third-order valence-electron chi connectivity index (χ3n) is 6.82. The molecule has 3 atom stereocenters. The second-order valence-electron chi connectivity index (χ2n) is 9.12. The van der Waals surface area contributed by atoms with Gasteiger partial charge >= 0.3 is 0 Å². The zero-order valence-electron chi connectivity index (χ0n) is 19.5. The standard InChI is InChI=1S/C30H26F2N2O2/c31-23-9-5-21(6-10-23)28(35)18-17-27-29(34(30(27)36)26-15-11-24(32)12-16-26)22-3-1-19(2-4-22)20-7-13-25(33)14-8-20/h1-16,27-29,35H,17-18,33H2/t27-,28+,29-/m1/s1. The lowest BCUT2D eigenvalue weighted by molar-refractivity contribution is -0.131. The molecule has 4 nitrogen and oxygen atoms in total. The van der Waals surface area contributed by atoms with Gasteiger partial charge < -0.3 is 15.7 Å². The molecular weight excluding hydrogens is 458 g/mol. The highest BCUT2D eigenvalue weighted by molar-refractivity contribution is 6.03. The fraction of sp³-hybridized carbons (Fsp3) is 0.167. The Kier molecular flexibility index (Phi) is 6.53. The van der Waals surface area contributed by atoms with Gasteiger partial charge in [-0.25, -0.2) is 8.78 Å². The number of rotatable bonds is 7. The Bertz CT molecular complexity index is 1340. The summed E-state index contributed by atoms with van der Waals surface area (Å²) in [5.74, 6) is -1.14. The molecule has 182 valence electrons. The van der Waals surface area contributed by atoms with E-state index in [4.69, 9.17) is 5.73 Å². The lowest BCUT2D eigenvalue weighted by Crippen LogP contribution is -2.55. The van der Waals surface area contributed by atoms with Crippen molar-refractivity contribution in [2.75, 3.05) is 10.6 Å². The highest BCUT2D eigenvalue weighted by atomic mass is 19.1. The third-order valence-corrected chi connectivity index (χ3v) is 6.82. The maximum Gasteiger partial charge on any atom is 0.233 e. The first-order valence-electron chi connectivity index (χ1n) is 11.9. The van der Waals surface area contributed by atoms with Crippen LogP contribution in [0.4, 0.5) is 20.2 Å². The molecule has 0 aliphatic carbocycles. The van der Waals surface area contributed by atoms with E-state index in [1.54, 1.807) is 29.2 Å². The molecule has 5 rings (SSSR count). The van der Waals surface area contributed by atoms with E-state index >= 15 is 0 Å². The summed E-state index contributed by atoms with van der Waals surface area (Å²) in [5, 5.41) is 10.6. The maximum atomic E-state index is 13.5. The van der Waals surface area contributed by atoms with Gasteiger partial charge in [-0.3, -0.25) is 4.79 Å². The molecule has 4 aromatic rings. The lowest BCUT2D eigenvalue weighted by atomic mass is 9.78. The predicted molar refractivity (Wildman–Crippen MR) is 137 cm³/mol. The van der Waals surface area contributed by atoms with Gasteiger partial charge in [0, 0.05) is 11.4 Å². The number of carbonyl (C=O) groups excluding carboxylic acids is 1. The van der Waals surface area contributed by atoms with Gasteiger partial charge in [-0.05, 0) is 83.6 Å². The van der Waals surface area contributed by atoms with E-state index in [2.05, 4.69) is 0 Å². The second-order valence-corrected chi connectivity index (χ2v) is 9.12. The van der Waals surface area contributed by atoms with Crippen molar-refractivity contribution in [2.45, 2.75) is 25.0 Å². The number of amides is 1. The first kappa shape index (κ1) is 23.7. The van der Waals surface area contributed by atoms with Crippen molar-refractivity contribution < 1.29 is 18.7 Å². The molecule has 1 heterocycles. The normalized spacial score (nSPS) is 18.1. The Labute approximate surface area is 208 Å². The van der Waals surface area contributed by atoms with Crippen LogP contribution in [0.5, 0.6) is 0 Å². The average molecular weight is 485 g/mol. The van der Waals surface area contributed by atoms with Crippen LogP contribution in [0.1, 0.15) is 36.1 Å². The minimum absolute atomic E-state index is 0.0690. The molecule has 0 spiro atoms. The molecule has 0 unspecified atom stereocenters. The monoisotopic (exact) mass is 484 g/mol. The molecule has 4 aromatic carbocycles. The van der Waals surface area contributed by atoms with Gasteiger partial charge in [-0.1, -0.05) is 48.5 Å². The number of nitrogens with two attached hydrogens (primary N) is 1. The van der Waals surface area contributed by atoms with E-state index in [0.29, 0.717) is 29.8 Å². The van der Waals surface area contributed by atoms with Crippen LogP contribution in [0.15, 0.2) is 97.1 Å². The summed E-state index contributed by atoms with van der Waals surface area (Å²) in [5.41, 5.74) is 10.8. The van der Waals surface area contributed by atoms with E-state index in [0.717, 1.165) is 16.7 Å². The number of nitrogens with zero attached hydrogens (tertiary/aromatic N) is 1. The summed E-state index contributed by atoms with van der Waals surface area (Å²) in [7, 11) is 0. The highest BCUT2D eigenvalue weighted by Crippen LogP contribution is 2.46. The summed E-state index contributed by atoms with van der Waals surface area (Å²) in [6.45, 7) is 0. The first-order chi connectivity index (χ1) is 17.4. The van der Waals surface area contributed by atoms with E-state index in [1.807, 2.05) is 48.5 Å². The highest BCUT2D eigenvalue weighted by Gasteiger charge is 2.48. The van der Waals surface area contributed by atoms with Crippen molar-refractivity contribution in [1.29, 1.82) is 0 Å². The fourth-order valence-electron chi connectivity index (χ4n) is 4.84. The van der Waals surface area contributed by atoms with Crippen LogP contribution in [-0.4, -0.2) is 11.0 Å². The van der Waals surface area contributed by atoms with Crippen molar-refractivity contribution in [2.24, 2.45) is 5.92 Å². The van der Waals surface area contributed by atoms with E-state index in [-0.39, 0.29) is 29.5 Å². The molecule has 0 radical (unpaired) electrons. The molecular formula is C30H26F2N2O2. The Morgan fingerprint density at radius 3 is 1.89 bits per heavy atom. The molecule has 1 aliphatic heterocycles. The Morgan fingerprint density at radius 2 is 1.31 bits per heavy atom. The number of nitrogen functional groups attached to an aromatic ring is 1. The second kappa shape index (κ2) is 9.91. The molecule has 0 aromatic heterocycles. The average Bonchev–Trinajstić information content (AvgIpc) is 2.89. The summed E-state index contributed by atoms with van der Waals surface area (Å²) < 4.78 is 26.8. The number of hydrogen-bond acceptors (Lipinski definition) is 3. The van der Waals surface area contributed by atoms with Crippen molar-refractivity contribution >= 4 is 17.3 Å². The van der Waals surface area contributed by atoms with Gasteiger partial charge in [0.25, 0.3) is 0 Å². The smallest absolute Gasteiger partial charge is 0.233 e. The summed E-state index contributed by atoms with van der Waals surface area (Å²) in [4.78, 5) is 14.9. The van der Waals surface area contributed by atoms with Gasteiger partial charge in [0.05, 0.1) is 18.1 Å². The van der Waals surface area contributed by atoms with Crippen LogP contribution < -0.4 is 10.6 Å². The number of halogens is 2. The minimum Gasteiger partial charge on any atom is -0.399 e. The maximum absolute atomic E-state index is 13.5. The summed E-state index contributed by atoms with van der Waals surface area (Å²) in [6, 6.07) is 27.0. The number of benzene rings is 4. The topological polar surface area (TPSA) is 66.6 Å². The Morgan fingerprint density at radius 1 is 0.778 bits per heavy atom. The van der Waals surface area contributed by atoms with Gasteiger partial charge in [0.1, 0.15) is 11.6 Å². The third kappa shape index (κ3) is 4.72. The summed E-state index contributed by atoms with van der Waals surface area (Å²) >= 11 is 0. The van der Waals surface area contributed by atoms with Gasteiger partial charge in [-0.15, -0.1) is 0 Å². The van der Waals surface area contributed by atoms with E-state index < -0.39 is 6.10 Å². The number of β-lactam (4-membered cyclic amide) rings is 1. The van der Waals surface area contributed by atoms with Gasteiger partial charge in [-0.2, -0.15) is 0 Å². The predicted octanol–water partition coefficient (Wildman–Crippen LogP) is 6.43. The van der Waals surface area contributed by atoms with E-state index in [9.17, 15) is 18.7 Å². The Hall–Kier alpha value is -4.03.